The Bertz CT molecular complexity index is 1360. The second kappa shape index (κ2) is 10.0. The zero-order valence-electron chi connectivity index (χ0n) is 20.8. The van der Waals surface area contributed by atoms with Gasteiger partial charge in [0.05, 0.1) is 19.2 Å². The van der Waals surface area contributed by atoms with Crippen LogP contribution in [0, 0.1) is 11.6 Å². The van der Waals surface area contributed by atoms with E-state index in [2.05, 4.69) is 5.32 Å². The number of methoxy groups -OCH3 is 1. The molecule has 6 nitrogen and oxygen atoms in total. The Hall–Kier alpha value is -3.65. The smallest absolute Gasteiger partial charge is 0.407 e. The van der Waals surface area contributed by atoms with E-state index in [1.54, 1.807) is 26.8 Å². The van der Waals surface area contributed by atoms with E-state index in [4.69, 9.17) is 25.8 Å². The number of esters is 1. The SMILES string of the molecule is COC(=O)c1ccc(F)c(F)c1-c1c(Cl)ccc2c1C[C@@](CNC(=O)OC(C)(C)C)(c1ccccc1)O2. The van der Waals surface area contributed by atoms with Crippen molar-refractivity contribution in [1.29, 1.82) is 0 Å². The van der Waals surface area contributed by atoms with Crippen LogP contribution in [0.2, 0.25) is 5.02 Å². The van der Waals surface area contributed by atoms with E-state index in [0.717, 1.165) is 24.8 Å². The Morgan fingerprint density at radius 2 is 1.76 bits per heavy atom. The third-order valence-corrected chi connectivity index (χ3v) is 6.27. The highest BCUT2D eigenvalue weighted by Gasteiger charge is 2.44. The van der Waals surface area contributed by atoms with Gasteiger partial charge in [0, 0.05) is 28.1 Å². The average molecular weight is 530 g/mol. The molecular weight excluding hydrogens is 504 g/mol. The van der Waals surface area contributed by atoms with Gasteiger partial charge in [0.1, 0.15) is 11.4 Å². The number of nitrogens with one attached hydrogen (secondary N) is 1. The maximum absolute atomic E-state index is 15.3. The molecule has 0 spiro atoms. The van der Waals surface area contributed by atoms with Gasteiger partial charge in [-0.1, -0.05) is 41.9 Å². The summed E-state index contributed by atoms with van der Waals surface area (Å²) in [6, 6.07) is 14.3. The molecule has 0 saturated carbocycles. The van der Waals surface area contributed by atoms with Gasteiger partial charge in [0.2, 0.25) is 0 Å². The van der Waals surface area contributed by atoms with Crippen LogP contribution in [0.3, 0.4) is 0 Å². The lowest BCUT2D eigenvalue weighted by molar-refractivity contribution is 0.0414. The normalized spacial score (nSPS) is 16.5. The van der Waals surface area contributed by atoms with E-state index >= 15 is 4.39 Å². The van der Waals surface area contributed by atoms with E-state index in [9.17, 15) is 14.0 Å². The monoisotopic (exact) mass is 529 g/mol. The molecule has 1 aliphatic heterocycles. The molecule has 1 atom stereocenters. The van der Waals surface area contributed by atoms with Crippen molar-refractivity contribution >= 4 is 23.7 Å². The van der Waals surface area contributed by atoms with Gasteiger partial charge >= 0.3 is 12.1 Å². The minimum absolute atomic E-state index is 0.00710. The molecule has 0 bridgehead atoms. The molecule has 1 aliphatic rings. The van der Waals surface area contributed by atoms with Crippen LogP contribution in [-0.4, -0.2) is 31.3 Å². The van der Waals surface area contributed by atoms with E-state index in [1.165, 1.54) is 6.07 Å². The molecule has 0 radical (unpaired) electrons. The minimum Gasteiger partial charge on any atom is -0.480 e. The van der Waals surface area contributed by atoms with Crippen LogP contribution in [-0.2, 0) is 21.5 Å². The highest BCUT2D eigenvalue weighted by atomic mass is 35.5. The molecule has 3 aromatic rings. The van der Waals surface area contributed by atoms with Crippen LogP contribution in [0.25, 0.3) is 11.1 Å². The number of halogens is 3. The minimum atomic E-state index is -1.23. The van der Waals surface area contributed by atoms with Crippen LogP contribution < -0.4 is 10.1 Å². The number of ether oxygens (including phenoxy) is 3. The number of amides is 1. The molecule has 3 aromatic carbocycles. The topological polar surface area (TPSA) is 73.9 Å². The average Bonchev–Trinajstić information content (AvgIpc) is 3.24. The third kappa shape index (κ3) is 5.25. The number of hydrogen-bond acceptors (Lipinski definition) is 5. The van der Waals surface area contributed by atoms with Crippen molar-refractivity contribution in [3.63, 3.8) is 0 Å². The molecule has 9 heteroatoms. The Kier molecular flexibility index (Phi) is 7.15. The zero-order valence-corrected chi connectivity index (χ0v) is 21.5. The molecule has 1 N–H and O–H groups in total. The molecule has 1 heterocycles. The summed E-state index contributed by atoms with van der Waals surface area (Å²) in [7, 11) is 1.15. The van der Waals surface area contributed by atoms with Crippen LogP contribution in [0.4, 0.5) is 13.6 Å². The fourth-order valence-corrected chi connectivity index (χ4v) is 4.65. The van der Waals surface area contributed by atoms with Gasteiger partial charge in [-0.3, -0.25) is 0 Å². The summed E-state index contributed by atoms with van der Waals surface area (Å²) in [6.07, 6.45) is -0.501. The van der Waals surface area contributed by atoms with Crippen molar-refractivity contribution in [3.05, 3.63) is 87.9 Å². The number of carbonyl (C=O) groups excluding carboxylic acids is 2. The summed E-state index contributed by atoms with van der Waals surface area (Å²) >= 11 is 6.54. The van der Waals surface area contributed by atoms with Crippen molar-refractivity contribution in [2.24, 2.45) is 0 Å². The van der Waals surface area contributed by atoms with Crippen molar-refractivity contribution in [2.75, 3.05) is 13.7 Å². The zero-order chi connectivity index (χ0) is 27.0. The Morgan fingerprint density at radius 1 is 1.05 bits per heavy atom. The summed E-state index contributed by atoms with van der Waals surface area (Å²) in [6.45, 7) is 5.26. The molecule has 194 valence electrons. The van der Waals surface area contributed by atoms with Crippen LogP contribution in [0.5, 0.6) is 5.75 Å². The van der Waals surface area contributed by atoms with Gasteiger partial charge in [-0.25, -0.2) is 18.4 Å². The summed E-state index contributed by atoms with van der Waals surface area (Å²) in [5.41, 5.74) is -1.01. The highest BCUT2D eigenvalue weighted by Crippen LogP contribution is 2.49. The molecule has 0 aliphatic carbocycles. The molecule has 0 aromatic heterocycles. The standard InChI is InChI=1S/C28H26ClF2NO5/c1-27(2,3)37-26(34)32-15-28(16-8-6-5-7-9-16)14-18-21(36-28)13-11-19(29)22(18)23-17(25(33)35-4)10-12-20(30)24(23)31/h5-13H,14-15H2,1-4H3,(H,32,34)/t28-/m1/s1. The van der Waals surface area contributed by atoms with E-state index in [-0.39, 0.29) is 34.7 Å². The predicted molar refractivity (Wildman–Crippen MR) is 135 cm³/mol. The number of benzene rings is 3. The Labute approximate surface area is 218 Å². The molecule has 0 saturated heterocycles. The Morgan fingerprint density at radius 3 is 2.41 bits per heavy atom. The Balaban J connectivity index is 1.84. The van der Waals surface area contributed by atoms with Gasteiger partial charge in [-0.15, -0.1) is 0 Å². The molecule has 0 fully saturated rings. The first-order chi connectivity index (χ1) is 17.5. The summed E-state index contributed by atoms with van der Waals surface area (Å²) in [5.74, 6) is -2.87. The molecule has 0 unspecified atom stereocenters. The lowest BCUT2D eigenvalue weighted by Gasteiger charge is -2.30. The predicted octanol–water partition coefficient (Wildman–Crippen LogP) is 6.43. The lowest BCUT2D eigenvalue weighted by atomic mass is 9.85. The number of fused-ring (bicyclic) bond motifs is 1. The number of carbonyl (C=O) groups is 2. The van der Waals surface area contributed by atoms with Crippen molar-refractivity contribution in [2.45, 2.75) is 38.4 Å². The first kappa shape index (κ1) is 26.4. The van der Waals surface area contributed by atoms with E-state index in [0.29, 0.717) is 11.3 Å². The van der Waals surface area contributed by atoms with Crippen molar-refractivity contribution in [3.8, 4) is 16.9 Å². The summed E-state index contributed by atoms with van der Waals surface area (Å²) in [5, 5.41) is 2.86. The van der Waals surface area contributed by atoms with Crippen molar-refractivity contribution < 1.29 is 32.6 Å². The third-order valence-electron chi connectivity index (χ3n) is 5.95. The van der Waals surface area contributed by atoms with Gasteiger partial charge in [-0.2, -0.15) is 0 Å². The van der Waals surface area contributed by atoms with Gasteiger partial charge in [-0.05, 0) is 50.6 Å². The van der Waals surface area contributed by atoms with Gasteiger partial charge < -0.3 is 19.5 Å². The maximum Gasteiger partial charge on any atom is 0.407 e. The fourth-order valence-electron chi connectivity index (χ4n) is 4.38. The number of rotatable bonds is 5. The quantitative estimate of drug-likeness (QED) is 0.386. The number of alkyl carbamates (subject to hydrolysis) is 1. The van der Waals surface area contributed by atoms with Gasteiger partial charge in [0.15, 0.2) is 17.2 Å². The second-order valence-corrected chi connectivity index (χ2v) is 10.1. The molecular formula is C28H26ClF2NO5. The molecule has 37 heavy (non-hydrogen) atoms. The van der Waals surface area contributed by atoms with Crippen LogP contribution in [0.15, 0.2) is 54.6 Å². The largest absolute Gasteiger partial charge is 0.480 e. The van der Waals surface area contributed by atoms with Crippen LogP contribution in [0.1, 0.15) is 42.3 Å². The van der Waals surface area contributed by atoms with Crippen LogP contribution >= 0.6 is 11.6 Å². The van der Waals surface area contributed by atoms with E-state index < -0.39 is 34.9 Å². The first-order valence-electron chi connectivity index (χ1n) is 11.6. The lowest BCUT2D eigenvalue weighted by Crippen LogP contribution is -2.45. The second-order valence-electron chi connectivity index (χ2n) is 9.67. The van der Waals surface area contributed by atoms with E-state index in [1.807, 2.05) is 30.3 Å². The molecule has 4 rings (SSSR count). The van der Waals surface area contributed by atoms with Gasteiger partial charge in [0.25, 0.3) is 0 Å². The molecule has 1 amide bonds. The fraction of sp³-hybridized carbons (Fsp3) is 0.286. The first-order valence-corrected chi connectivity index (χ1v) is 11.9. The number of hydrogen-bond donors (Lipinski definition) is 1. The summed E-state index contributed by atoms with van der Waals surface area (Å²) < 4.78 is 46.3. The van der Waals surface area contributed by atoms with Crippen molar-refractivity contribution in [1.82, 2.24) is 5.32 Å². The maximum atomic E-state index is 15.3. The summed E-state index contributed by atoms with van der Waals surface area (Å²) in [4.78, 5) is 25.0. The highest BCUT2D eigenvalue weighted by molar-refractivity contribution is 6.34.